The molecule has 1 saturated heterocycles. The van der Waals surface area contributed by atoms with Gasteiger partial charge in [0.1, 0.15) is 0 Å². The highest BCUT2D eigenvalue weighted by Gasteiger charge is 2.19. The van der Waals surface area contributed by atoms with Gasteiger partial charge in [0.25, 0.3) is 0 Å². The maximum Gasteiger partial charge on any atom is 0.0809 e. The molecule has 2 nitrogen and oxygen atoms in total. The molecule has 0 N–H and O–H groups in total. The van der Waals surface area contributed by atoms with Gasteiger partial charge in [-0.15, -0.1) is 0 Å². The average molecular weight is 204 g/mol. The molecule has 3 heteroatoms. The highest BCUT2D eigenvalue weighted by molar-refractivity contribution is 7.80. The average Bonchev–Trinajstić information content (AvgIpc) is 2.57. The van der Waals surface area contributed by atoms with Crippen molar-refractivity contribution in [3.63, 3.8) is 0 Å². The topological polar surface area (TPSA) is 18.5 Å². The van der Waals surface area contributed by atoms with Crippen LogP contribution in [0.2, 0.25) is 0 Å². The third-order valence-corrected chi connectivity index (χ3v) is 3.10. The predicted molar refractivity (Wildman–Crippen MR) is 57.4 cm³/mol. The number of thiol groups is 1. The SMILES string of the molecule is CC(C)(CS)COCC1CCCO1. The molecule has 1 aliphatic rings. The fourth-order valence-corrected chi connectivity index (χ4v) is 1.38. The fourth-order valence-electron chi connectivity index (χ4n) is 1.29. The Labute approximate surface area is 86.4 Å². The molecule has 0 aromatic rings. The molecule has 1 unspecified atom stereocenters. The van der Waals surface area contributed by atoms with Crippen molar-refractivity contribution in [1.29, 1.82) is 0 Å². The van der Waals surface area contributed by atoms with Crippen molar-refractivity contribution in [1.82, 2.24) is 0 Å². The van der Waals surface area contributed by atoms with Crippen LogP contribution in [0.1, 0.15) is 26.7 Å². The first kappa shape index (κ1) is 11.3. The molecule has 13 heavy (non-hydrogen) atoms. The first-order chi connectivity index (χ1) is 6.14. The lowest BCUT2D eigenvalue weighted by Gasteiger charge is -2.22. The van der Waals surface area contributed by atoms with E-state index >= 15 is 0 Å². The Morgan fingerprint density at radius 3 is 2.85 bits per heavy atom. The zero-order valence-electron chi connectivity index (χ0n) is 8.58. The van der Waals surface area contributed by atoms with E-state index in [0.717, 1.165) is 32.0 Å². The van der Waals surface area contributed by atoms with Crippen molar-refractivity contribution in [2.24, 2.45) is 5.41 Å². The normalized spacial score (nSPS) is 23.8. The summed E-state index contributed by atoms with van der Waals surface area (Å²) in [7, 11) is 0. The van der Waals surface area contributed by atoms with Crippen LogP contribution in [0, 0.1) is 5.41 Å². The summed E-state index contributed by atoms with van der Waals surface area (Å²) in [4.78, 5) is 0. The lowest BCUT2D eigenvalue weighted by molar-refractivity contribution is -0.00518. The molecule has 0 amide bonds. The highest BCUT2D eigenvalue weighted by Crippen LogP contribution is 2.18. The number of hydrogen-bond acceptors (Lipinski definition) is 3. The van der Waals surface area contributed by atoms with E-state index in [2.05, 4.69) is 26.5 Å². The Hall–Kier alpha value is 0.270. The molecule has 1 fully saturated rings. The van der Waals surface area contributed by atoms with Crippen LogP contribution >= 0.6 is 12.6 Å². The Bertz CT molecular complexity index is 142. The van der Waals surface area contributed by atoms with Gasteiger partial charge < -0.3 is 9.47 Å². The standard InChI is InChI=1S/C10H20O2S/c1-10(2,8-13)7-11-6-9-4-3-5-12-9/h9,13H,3-8H2,1-2H3. The van der Waals surface area contributed by atoms with E-state index in [1.807, 2.05) is 0 Å². The van der Waals surface area contributed by atoms with Gasteiger partial charge in [-0.05, 0) is 24.0 Å². The Morgan fingerprint density at radius 2 is 2.31 bits per heavy atom. The van der Waals surface area contributed by atoms with Gasteiger partial charge in [-0.25, -0.2) is 0 Å². The molecule has 0 aliphatic carbocycles. The van der Waals surface area contributed by atoms with Crippen molar-refractivity contribution < 1.29 is 9.47 Å². The highest BCUT2D eigenvalue weighted by atomic mass is 32.1. The molecular weight excluding hydrogens is 184 g/mol. The van der Waals surface area contributed by atoms with Crippen molar-refractivity contribution in [3.8, 4) is 0 Å². The Balaban J connectivity index is 2.06. The molecular formula is C10H20O2S. The molecule has 0 bridgehead atoms. The van der Waals surface area contributed by atoms with E-state index in [4.69, 9.17) is 9.47 Å². The second-order valence-electron chi connectivity index (χ2n) is 4.47. The van der Waals surface area contributed by atoms with Crippen LogP contribution in [0.4, 0.5) is 0 Å². The molecule has 1 atom stereocenters. The van der Waals surface area contributed by atoms with Crippen LogP contribution in [0.25, 0.3) is 0 Å². The first-order valence-electron chi connectivity index (χ1n) is 4.94. The van der Waals surface area contributed by atoms with Crippen LogP contribution in [0.3, 0.4) is 0 Å². The molecule has 78 valence electrons. The maximum atomic E-state index is 5.60. The molecule has 0 radical (unpaired) electrons. The summed E-state index contributed by atoms with van der Waals surface area (Å²) in [5.74, 6) is 0.860. The minimum Gasteiger partial charge on any atom is -0.378 e. The summed E-state index contributed by atoms with van der Waals surface area (Å²) in [5.41, 5.74) is 0.182. The van der Waals surface area contributed by atoms with Crippen LogP contribution in [0.15, 0.2) is 0 Å². The molecule has 1 rings (SSSR count). The van der Waals surface area contributed by atoms with Crippen molar-refractivity contribution in [3.05, 3.63) is 0 Å². The van der Waals surface area contributed by atoms with Crippen LogP contribution in [-0.4, -0.2) is 31.7 Å². The lowest BCUT2D eigenvalue weighted by atomic mass is 9.98. The van der Waals surface area contributed by atoms with E-state index < -0.39 is 0 Å². The second kappa shape index (κ2) is 5.23. The predicted octanol–water partition coefficient (Wildman–Crippen LogP) is 2.14. The molecule has 0 saturated carbocycles. The minimum absolute atomic E-state index is 0.182. The summed E-state index contributed by atoms with van der Waals surface area (Å²) >= 11 is 4.27. The van der Waals surface area contributed by atoms with E-state index in [1.54, 1.807) is 0 Å². The lowest BCUT2D eigenvalue weighted by Crippen LogP contribution is -2.24. The van der Waals surface area contributed by atoms with Gasteiger partial charge in [-0.2, -0.15) is 12.6 Å². The fraction of sp³-hybridized carbons (Fsp3) is 1.00. The third kappa shape index (κ3) is 4.34. The Morgan fingerprint density at radius 1 is 1.54 bits per heavy atom. The van der Waals surface area contributed by atoms with Gasteiger partial charge in [0, 0.05) is 6.61 Å². The molecule has 0 aromatic carbocycles. The second-order valence-corrected chi connectivity index (χ2v) is 4.79. The van der Waals surface area contributed by atoms with E-state index in [9.17, 15) is 0 Å². The number of hydrogen-bond donors (Lipinski definition) is 1. The number of ether oxygens (including phenoxy) is 2. The third-order valence-electron chi connectivity index (χ3n) is 2.25. The number of rotatable bonds is 5. The quantitative estimate of drug-likeness (QED) is 0.692. The molecule has 1 aliphatic heterocycles. The van der Waals surface area contributed by atoms with Crippen LogP contribution < -0.4 is 0 Å². The Kier molecular flexibility index (Phi) is 4.56. The smallest absolute Gasteiger partial charge is 0.0809 e. The van der Waals surface area contributed by atoms with Crippen LogP contribution in [0.5, 0.6) is 0 Å². The maximum absolute atomic E-state index is 5.60. The zero-order valence-corrected chi connectivity index (χ0v) is 9.48. The summed E-state index contributed by atoms with van der Waals surface area (Å²) in [6, 6.07) is 0. The van der Waals surface area contributed by atoms with E-state index in [0.29, 0.717) is 6.10 Å². The molecule has 1 heterocycles. The van der Waals surface area contributed by atoms with Gasteiger partial charge >= 0.3 is 0 Å². The van der Waals surface area contributed by atoms with Gasteiger partial charge in [-0.1, -0.05) is 13.8 Å². The van der Waals surface area contributed by atoms with E-state index in [-0.39, 0.29) is 5.41 Å². The summed E-state index contributed by atoms with van der Waals surface area (Å²) in [5, 5.41) is 0. The molecule has 0 aromatic heterocycles. The summed E-state index contributed by atoms with van der Waals surface area (Å²) in [6.45, 7) is 6.75. The van der Waals surface area contributed by atoms with E-state index in [1.165, 1.54) is 6.42 Å². The zero-order chi connectivity index (χ0) is 9.73. The van der Waals surface area contributed by atoms with Gasteiger partial charge in [0.05, 0.1) is 19.3 Å². The summed E-state index contributed by atoms with van der Waals surface area (Å²) in [6.07, 6.45) is 2.68. The van der Waals surface area contributed by atoms with Crippen molar-refractivity contribution in [2.75, 3.05) is 25.6 Å². The van der Waals surface area contributed by atoms with Crippen molar-refractivity contribution in [2.45, 2.75) is 32.8 Å². The molecule has 0 spiro atoms. The van der Waals surface area contributed by atoms with Gasteiger partial charge in [0.2, 0.25) is 0 Å². The minimum atomic E-state index is 0.182. The first-order valence-corrected chi connectivity index (χ1v) is 5.57. The van der Waals surface area contributed by atoms with Gasteiger partial charge in [-0.3, -0.25) is 0 Å². The van der Waals surface area contributed by atoms with Crippen LogP contribution in [-0.2, 0) is 9.47 Å². The van der Waals surface area contributed by atoms with Gasteiger partial charge in [0.15, 0.2) is 0 Å². The summed E-state index contributed by atoms with van der Waals surface area (Å²) < 4.78 is 11.1. The van der Waals surface area contributed by atoms with Crippen molar-refractivity contribution >= 4 is 12.6 Å². The largest absolute Gasteiger partial charge is 0.378 e. The monoisotopic (exact) mass is 204 g/mol.